The summed E-state index contributed by atoms with van der Waals surface area (Å²) in [5, 5.41) is 3.93. The Kier molecular flexibility index (Phi) is 4.26. The number of benzene rings is 1. The molecule has 0 bridgehead atoms. The van der Waals surface area contributed by atoms with Gasteiger partial charge in [0.25, 0.3) is 0 Å². The first-order chi connectivity index (χ1) is 10.3. The highest BCUT2D eigenvalue weighted by Crippen LogP contribution is 2.40. The molecular weight excluding hydrogens is 278 g/mol. The van der Waals surface area contributed by atoms with E-state index in [1.165, 1.54) is 12.5 Å². The number of hydrogen-bond acceptors (Lipinski definition) is 4. The zero-order valence-corrected chi connectivity index (χ0v) is 14.0. The number of fused-ring (bicyclic) bond motifs is 1. The van der Waals surface area contributed by atoms with Crippen molar-refractivity contribution in [3.8, 4) is 5.75 Å². The van der Waals surface area contributed by atoms with Gasteiger partial charge in [-0.1, -0.05) is 6.08 Å². The zero-order chi connectivity index (χ0) is 16.5. The van der Waals surface area contributed by atoms with Crippen molar-refractivity contribution in [2.45, 2.75) is 33.2 Å². The summed E-state index contributed by atoms with van der Waals surface area (Å²) in [4.78, 5) is 13.1. The fourth-order valence-electron chi connectivity index (χ4n) is 2.66. The van der Waals surface area contributed by atoms with Crippen LogP contribution in [0, 0.1) is 0 Å². The van der Waals surface area contributed by atoms with E-state index in [1.54, 1.807) is 13.3 Å². The molecule has 0 fully saturated rings. The Bertz CT molecular complexity index is 660. The lowest BCUT2D eigenvalue weighted by molar-refractivity contribution is -0.118. The van der Waals surface area contributed by atoms with Crippen LogP contribution in [0.5, 0.6) is 5.75 Å². The number of carbonyl (C=O) groups excluding carboxylic acids is 1. The summed E-state index contributed by atoms with van der Waals surface area (Å²) in [6, 6.07) is 4.06. The second-order valence-corrected chi connectivity index (χ2v) is 6.08. The Hall–Kier alpha value is -2.30. The lowest BCUT2D eigenvalue weighted by atomic mass is 9.88. The van der Waals surface area contributed by atoms with E-state index in [0.29, 0.717) is 0 Å². The topological polar surface area (TPSA) is 53.9 Å². The third-order valence-electron chi connectivity index (χ3n) is 3.99. The van der Waals surface area contributed by atoms with Crippen molar-refractivity contribution in [2.75, 3.05) is 19.1 Å². The van der Waals surface area contributed by atoms with Crippen molar-refractivity contribution in [3.63, 3.8) is 0 Å². The molecule has 22 heavy (non-hydrogen) atoms. The third-order valence-corrected chi connectivity index (χ3v) is 3.99. The van der Waals surface area contributed by atoms with Crippen molar-refractivity contribution >= 4 is 23.4 Å². The molecule has 1 amide bonds. The Balaban J connectivity index is 2.51. The molecule has 0 spiro atoms. The van der Waals surface area contributed by atoms with Gasteiger partial charge >= 0.3 is 0 Å². The largest absolute Gasteiger partial charge is 0.496 e. The van der Waals surface area contributed by atoms with Crippen LogP contribution in [0.2, 0.25) is 0 Å². The fourth-order valence-corrected chi connectivity index (χ4v) is 2.66. The number of methoxy groups -OCH3 is 1. The molecule has 0 atom stereocenters. The van der Waals surface area contributed by atoms with Gasteiger partial charge < -0.3 is 9.64 Å². The quantitative estimate of drug-likeness (QED) is 0.690. The average Bonchev–Trinajstić information content (AvgIpc) is 2.43. The highest BCUT2D eigenvalue weighted by molar-refractivity contribution is 5.91. The maximum atomic E-state index is 10.9. The van der Waals surface area contributed by atoms with Crippen molar-refractivity contribution in [3.05, 3.63) is 29.3 Å². The van der Waals surface area contributed by atoms with Crippen molar-refractivity contribution in [2.24, 2.45) is 5.10 Å². The summed E-state index contributed by atoms with van der Waals surface area (Å²) < 4.78 is 5.47. The molecule has 0 radical (unpaired) electrons. The van der Waals surface area contributed by atoms with Crippen LogP contribution in [0.15, 0.2) is 23.3 Å². The number of nitrogens with one attached hydrogen (secondary N) is 1. The third kappa shape index (κ3) is 2.98. The highest BCUT2D eigenvalue weighted by Gasteiger charge is 2.29. The summed E-state index contributed by atoms with van der Waals surface area (Å²) in [5.74, 6) is 0.524. The number of allylic oxidation sites excluding steroid dienone is 1. The molecule has 1 aromatic carbocycles. The Morgan fingerprint density at radius 2 is 2.09 bits per heavy atom. The number of nitrogens with zero attached hydrogens (tertiary/aromatic N) is 2. The minimum atomic E-state index is -0.203. The Morgan fingerprint density at radius 1 is 1.41 bits per heavy atom. The van der Waals surface area contributed by atoms with Crippen LogP contribution in [-0.4, -0.2) is 31.8 Å². The van der Waals surface area contributed by atoms with Crippen molar-refractivity contribution in [1.82, 2.24) is 5.43 Å². The van der Waals surface area contributed by atoms with E-state index in [1.807, 2.05) is 12.1 Å². The number of carbonyl (C=O) groups is 1. The van der Waals surface area contributed by atoms with E-state index in [4.69, 9.17) is 4.74 Å². The molecule has 0 saturated heterocycles. The zero-order valence-electron chi connectivity index (χ0n) is 14.0. The van der Waals surface area contributed by atoms with Gasteiger partial charge in [0, 0.05) is 36.9 Å². The number of hydrazone groups is 1. The first kappa shape index (κ1) is 16.1. The van der Waals surface area contributed by atoms with Gasteiger partial charge in [0.2, 0.25) is 5.91 Å². The first-order valence-electron chi connectivity index (χ1n) is 7.21. The van der Waals surface area contributed by atoms with E-state index in [9.17, 15) is 4.79 Å². The van der Waals surface area contributed by atoms with E-state index in [0.717, 1.165) is 22.6 Å². The summed E-state index contributed by atoms with van der Waals surface area (Å²) in [6.45, 7) is 7.89. The van der Waals surface area contributed by atoms with Gasteiger partial charge in [0.1, 0.15) is 5.75 Å². The minimum absolute atomic E-state index is 0.0477. The summed E-state index contributed by atoms with van der Waals surface area (Å²) >= 11 is 0. The van der Waals surface area contributed by atoms with Crippen molar-refractivity contribution < 1.29 is 9.53 Å². The minimum Gasteiger partial charge on any atom is -0.496 e. The molecule has 0 aromatic heterocycles. The van der Waals surface area contributed by atoms with Gasteiger partial charge in [-0.25, -0.2) is 5.43 Å². The Morgan fingerprint density at radius 3 is 2.68 bits per heavy atom. The lowest BCUT2D eigenvalue weighted by Crippen LogP contribution is -2.42. The van der Waals surface area contributed by atoms with Crippen LogP contribution in [0.3, 0.4) is 0 Å². The molecule has 5 heteroatoms. The summed E-state index contributed by atoms with van der Waals surface area (Å²) in [5.41, 5.74) is 6.68. The summed E-state index contributed by atoms with van der Waals surface area (Å²) in [7, 11) is 3.71. The highest BCUT2D eigenvalue weighted by atomic mass is 16.5. The number of ether oxygens (including phenoxy) is 1. The molecule has 1 heterocycles. The Labute approximate surface area is 131 Å². The van der Waals surface area contributed by atoms with Crippen LogP contribution in [0.1, 0.15) is 38.8 Å². The van der Waals surface area contributed by atoms with Crippen LogP contribution in [0.4, 0.5) is 5.69 Å². The number of amides is 1. The number of rotatable bonds is 3. The van der Waals surface area contributed by atoms with Crippen molar-refractivity contribution in [1.29, 1.82) is 0 Å². The number of anilines is 1. The molecule has 118 valence electrons. The monoisotopic (exact) mass is 301 g/mol. The first-order valence-corrected chi connectivity index (χ1v) is 7.21. The van der Waals surface area contributed by atoms with Gasteiger partial charge in [-0.05, 0) is 32.4 Å². The van der Waals surface area contributed by atoms with E-state index < -0.39 is 0 Å². The predicted molar refractivity (Wildman–Crippen MR) is 90.5 cm³/mol. The average molecular weight is 301 g/mol. The van der Waals surface area contributed by atoms with Crippen LogP contribution in [-0.2, 0) is 4.79 Å². The van der Waals surface area contributed by atoms with Crippen LogP contribution < -0.4 is 15.1 Å². The maximum absolute atomic E-state index is 10.9. The standard InChI is InChI=1S/C17H23N3O2/c1-11-9-17(3,4)20(5)15-8-16(22-6)13(7-14(11)15)10-18-19-12(2)21/h7-10H,1-6H3,(H,19,21)/b18-10-. The second-order valence-electron chi connectivity index (χ2n) is 6.08. The molecule has 0 aliphatic carbocycles. The van der Waals surface area contributed by atoms with Crippen LogP contribution in [0.25, 0.3) is 5.57 Å². The molecule has 0 saturated carbocycles. The smallest absolute Gasteiger partial charge is 0.236 e. The SMILES string of the molecule is COc1cc2c(cc1/C=N\NC(C)=O)C(C)=CC(C)(C)N2C. The molecular formula is C17H23N3O2. The number of likely N-dealkylation sites (N-methyl/N-ethyl adjacent to an activating group) is 1. The van der Waals surface area contributed by atoms with E-state index in [2.05, 4.69) is 49.3 Å². The van der Waals surface area contributed by atoms with E-state index in [-0.39, 0.29) is 11.4 Å². The maximum Gasteiger partial charge on any atom is 0.236 e. The van der Waals surface area contributed by atoms with Gasteiger partial charge in [0.15, 0.2) is 0 Å². The predicted octanol–water partition coefficient (Wildman–Crippen LogP) is 2.80. The van der Waals surface area contributed by atoms with Gasteiger partial charge in [-0.15, -0.1) is 0 Å². The molecule has 0 unspecified atom stereocenters. The van der Waals surface area contributed by atoms with E-state index >= 15 is 0 Å². The fraction of sp³-hybridized carbons (Fsp3) is 0.412. The molecule has 1 aliphatic rings. The lowest BCUT2D eigenvalue weighted by Gasteiger charge is -2.40. The molecule has 2 rings (SSSR count). The second kappa shape index (κ2) is 5.83. The van der Waals surface area contributed by atoms with Gasteiger partial charge in [-0.2, -0.15) is 5.10 Å². The molecule has 5 nitrogen and oxygen atoms in total. The molecule has 1 N–H and O–H groups in total. The normalized spacial score (nSPS) is 16.3. The number of hydrogen-bond donors (Lipinski definition) is 1. The summed E-state index contributed by atoms with van der Waals surface area (Å²) in [6.07, 6.45) is 3.85. The molecule has 1 aromatic rings. The van der Waals surface area contributed by atoms with Crippen LogP contribution >= 0.6 is 0 Å². The van der Waals surface area contributed by atoms with Gasteiger partial charge in [0.05, 0.1) is 18.9 Å². The molecule has 1 aliphatic heterocycles. The van der Waals surface area contributed by atoms with Gasteiger partial charge in [-0.3, -0.25) is 4.79 Å².